The smallest absolute Gasteiger partial charge is 0.0921 e. The van der Waals surface area contributed by atoms with E-state index in [1.165, 1.54) is 0 Å². The minimum atomic E-state index is 0.390. The summed E-state index contributed by atoms with van der Waals surface area (Å²) in [5.41, 5.74) is 2.17. The third-order valence-electron chi connectivity index (χ3n) is 2.49. The molecule has 2 aromatic rings. The molecule has 0 aliphatic rings. The Morgan fingerprint density at radius 2 is 2.38 bits per heavy atom. The van der Waals surface area contributed by atoms with Crippen LogP contribution in [0.5, 0.6) is 0 Å². The van der Waals surface area contributed by atoms with Crippen molar-refractivity contribution in [3.05, 3.63) is 47.5 Å². The fourth-order valence-electron chi connectivity index (χ4n) is 1.52. The van der Waals surface area contributed by atoms with Gasteiger partial charge in [-0.05, 0) is 18.2 Å². The summed E-state index contributed by atoms with van der Waals surface area (Å²) in [5.74, 6) is 0.390. The molecule has 1 aromatic carbocycles. The molecular formula is C12H14ClN3. The summed E-state index contributed by atoms with van der Waals surface area (Å²) >= 11 is 5.90. The highest BCUT2D eigenvalue weighted by Gasteiger charge is 2.06. The fourth-order valence-corrected chi connectivity index (χ4v) is 1.71. The maximum atomic E-state index is 5.90. The molecule has 1 aromatic heterocycles. The Labute approximate surface area is 99.9 Å². The molecule has 2 rings (SSSR count). The summed E-state index contributed by atoms with van der Waals surface area (Å²) in [6.45, 7) is 2.99. The van der Waals surface area contributed by atoms with Crippen molar-refractivity contribution in [2.45, 2.75) is 12.8 Å². The minimum absolute atomic E-state index is 0.390. The molecule has 0 saturated heterocycles. The number of anilines is 1. The van der Waals surface area contributed by atoms with Crippen molar-refractivity contribution in [1.29, 1.82) is 0 Å². The van der Waals surface area contributed by atoms with E-state index in [1.807, 2.05) is 30.5 Å². The van der Waals surface area contributed by atoms with E-state index in [4.69, 9.17) is 11.6 Å². The summed E-state index contributed by atoms with van der Waals surface area (Å²) in [4.78, 5) is 7.12. The number of imidazole rings is 1. The summed E-state index contributed by atoms with van der Waals surface area (Å²) in [6, 6.07) is 7.73. The van der Waals surface area contributed by atoms with Crippen molar-refractivity contribution < 1.29 is 0 Å². The highest BCUT2D eigenvalue weighted by Crippen LogP contribution is 2.17. The van der Waals surface area contributed by atoms with Crippen LogP contribution in [-0.4, -0.2) is 16.5 Å². The normalized spacial score (nSPS) is 12.4. The standard InChI is InChI=1S/C12H14ClN3/c1-9(12-7-14-8-16-12)6-15-11-4-2-3-10(13)5-11/h2-5,7-9,15H,6H2,1H3,(H,14,16). The summed E-state index contributed by atoms with van der Waals surface area (Å²) in [6.07, 6.45) is 3.55. The monoisotopic (exact) mass is 235 g/mol. The van der Waals surface area contributed by atoms with Gasteiger partial charge in [0, 0.05) is 35.1 Å². The molecule has 0 fully saturated rings. The largest absolute Gasteiger partial charge is 0.384 e. The topological polar surface area (TPSA) is 40.7 Å². The lowest BCUT2D eigenvalue weighted by Crippen LogP contribution is -2.09. The van der Waals surface area contributed by atoms with Crippen molar-refractivity contribution in [2.24, 2.45) is 0 Å². The highest BCUT2D eigenvalue weighted by molar-refractivity contribution is 6.30. The Morgan fingerprint density at radius 3 is 3.06 bits per heavy atom. The molecule has 2 N–H and O–H groups in total. The first kappa shape index (κ1) is 11.0. The van der Waals surface area contributed by atoms with Crippen LogP contribution in [0.25, 0.3) is 0 Å². The molecule has 0 saturated carbocycles. The molecule has 1 atom stereocenters. The molecule has 4 heteroatoms. The van der Waals surface area contributed by atoms with Gasteiger partial charge in [0.25, 0.3) is 0 Å². The van der Waals surface area contributed by atoms with Gasteiger partial charge in [-0.2, -0.15) is 0 Å². The Bertz CT molecular complexity index is 439. The second-order valence-electron chi connectivity index (χ2n) is 3.80. The predicted molar refractivity (Wildman–Crippen MR) is 66.9 cm³/mol. The van der Waals surface area contributed by atoms with Crippen LogP contribution in [0.3, 0.4) is 0 Å². The molecule has 0 spiro atoms. The second kappa shape index (κ2) is 5.03. The number of aromatic nitrogens is 2. The lowest BCUT2D eigenvalue weighted by atomic mass is 10.1. The first-order valence-corrected chi connectivity index (χ1v) is 5.61. The molecule has 1 unspecified atom stereocenters. The minimum Gasteiger partial charge on any atom is -0.384 e. The number of hydrogen-bond donors (Lipinski definition) is 2. The molecule has 0 radical (unpaired) electrons. The van der Waals surface area contributed by atoms with Crippen LogP contribution in [0.4, 0.5) is 5.69 Å². The number of hydrogen-bond acceptors (Lipinski definition) is 2. The van der Waals surface area contributed by atoms with E-state index < -0.39 is 0 Å². The van der Waals surface area contributed by atoms with Gasteiger partial charge in [0.2, 0.25) is 0 Å². The average molecular weight is 236 g/mol. The number of H-pyrrole nitrogens is 1. The number of rotatable bonds is 4. The lowest BCUT2D eigenvalue weighted by molar-refractivity contribution is 0.779. The van der Waals surface area contributed by atoms with Crippen molar-refractivity contribution in [1.82, 2.24) is 9.97 Å². The maximum Gasteiger partial charge on any atom is 0.0921 e. The maximum absolute atomic E-state index is 5.90. The molecule has 0 aliphatic heterocycles. The van der Waals surface area contributed by atoms with Crippen molar-refractivity contribution in [3.8, 4) is 0 Å². The van der Waals surface area contributed by atoms with Gasteiger partial charge in [-0.15, -0.1) is 0 Å². The number of nitrogens with one attached hydrogen (secondary N) is 2. The van der Waals surface area contributed by atoms with E-state index in [9.17, 15) is 0 Å². The van der Waals surface area contributed by atoms with Crippen LogP contribution in [0, 0.1) is 0 Å². The van der Waals surface area contributed by atoms with Crippen LogP contribution in [0.15, 0.2) is 36.8 Å². The third kappa shape index (κ3) is 2.76. The Kier molecular flexibility index (Phi) is 3.47. The fraction of sp³-hybridized carbons (Fsp3) is 0.250. The van der Waals surface area contributed by atoms with Gasteiger partial charge in [-0.3, -0.25) is 0 Å². The zero-order chi connectivity index (χ0) is 11.4. The number of nitrogens with zero attached hydrogens (tertiary/aromatic N) is 1. The Hall–Kier alpha value is -1.48. The quantitative estimate of drug-likeness (QED) is 0.854. The van der Waals surface area contributed by atoms with Gasteiger partial charge >= 0.3 is 0 Å². The van der Waals surface area contributed by atoms with Crippen molar-refractivity contribution in [2.75, 3.05) is 11.9 Å². The average Bonchev–Trinajstić information content (AvgIpc) is 2.79. The molecule has 3 nitrogen and oxygen atoms in total. The molecule has 84 valence electrons. The van der Waals surface area contributed by atoms with E-state index in [2.05, 4.69) is 22.2 Å². The number of halogens is 1. The molecular weight excluding hydrogens is 222 g/mol. The molecule has 0 amide bonds. The van der Waals surface area contributed by atoms with Gasteiger partial charge in [-0.25, -0.2) is 4.98 Å². The zero-order valence-corrected chi connectivity index (χ0v) is 9.83. The van der Waals surface area contributed by atoms with Crippen LogP contribution < -0.4 is 5.32 Å². The molecule has 16 heavy (non-hydrogen) atoms. The lowest BCUT2D eigenvalue weighted by Gasteiger charge is -2.12. The van der Waals surface area contributed by atoms with Gasteiger partial charge in [0.05, 0.1) is 6.33 Å². The van der Waals surface area contributed by atoms with Crippen LogP contribution in [0.1, 0.15) is 18.5 Å². The summed E-state index contributed by atoms with van der Waals surface area (Å²) in [7, 11) is 0. The van der Waals surface area contributed by atoms with E-state index in [0.29, 0.717) is 5.92 Å². The second-order valence-corrected chi connectivity index (χ2v) is 4.24. The Balaban J connectivity index is 1.92. The summed E-state index contributed by atoms with van der Waals surface area (Å²) in [5, 5.41) is 4.09. The predicted octanol–water partition coefficient (Wildman–Crippen LogP) is 3.28. The van der Waals surface area contributed by atoms with Crippen LogP contribution in [0.2, 0.25) is 5.02 Å². The number of aromatic amines is 1. The van der Waals surface area contributed by atoms with E-state index in [0.717, 1.165) is 22.9 Å². The zero-order valence-electron chi connectivity index (χ0n) is 9.07. The SMILES string of the molecule is CC(CNc1cccc(Cl)c1)c1cnc[nH]1. The van der Waals surface area contributed by atoms with Gasteiger partial charge in [0.1, 0.15) is 0 Å². The molecule has 0 aliphatic carbocycles. The van der Waals surface area contributed by atoms with E-state index in [1.54, 1.807) is 6.33 Å². The van der Waals surface area contributed by atoms with E-state index >= 15 is 0 Å². The van der Waals surface area contributed by atoms with Gasteiger partial charge < -0.3 is 10.3 Å². The Morgan fingerprint density at radius 1 is 1.50 bits per heavy atom. The highest BCUT2D eigenvalue weighted by atomic mass is 35.5. The molecule has 0 bridgehead atoms. The third-order valence-corrected chi connectivity index (χ3v) is 2.72. The molecule has 1 heterocycles. The first-order chi connectivity index (χ1) is 7.75. The van der Waals surface area contributed by atoms with E-state index in [-0.39, 0.29) is 0 Å². The number of benzene rings is 1. The van der Waals surface area contributed by atoms with Gasteiger partial charge in [0.15, 0.2) is 0 Å². The van der Waals surface area contributed by atoms with Crippen molar-refractivity contribution >= 4 is 17.3 Å². The van der Waals surface area contributed by atoms with Crippen LogP contribution >= 0.6 is 11.6 Å². The van der Waals surface area contributed by atoms with Crippen LogP contribution in [-0.2, 0) is 0 Å². The van der Waals surface area contributed by atoms with Crippen molar-refractivity contribution in [3.63, 3.8) is 0 Å². The summed E-state index contributed by atoms with van der Waals surface area (Å²) < 4.78 is 0. The van der Waals surface area contributed by atoms with Gasteiger partial charge in [-0.1, -0.05) is 24.6 Å². The first-order valence-electron chi connectivity index (χ1n) is 5.23.